The van der Waals surface area contributed by atoms with Crippen molar-refractivity contribution in [2.45, 2.75) is 19.9 Å². The molecule has 0 aliphatic carbocycles. The van der Waals surface area contributed by atoms with Gasteiger partial charge in [-0.3, -0.25) is 15.2 Å². The van der Waals surface area contributed by atoms with E-state index in [4.69, 9.17) is 11.5 Å². The second-order valence-electron chi connectivity index (χ2n) is 5.26. The van der Waals surface area contributed by atoms with Crippen LogP contribution in [0.5, 0.6) is 5.75 Å². The number of nitrogen functional groups attached to an aromatic ring is 2. The number of aromatic nitrogens is 2. The number of phenols is 1. The summed E-state index contributed by atoms with van der Waals surface area (Å²) in [7, 11) is 0. The number of hydrogen-bond acceptors (Lipinski definition) is 7. The molecule has 118 valence electrons. The summed E-state index contributed by atoms with van der Waals surface area (Å²) in [6.45, 7) is 3.87. The number of nitro benzene ring substituents is 1. The van der Waals surface area contributed by atoms with Crippen molar-refractivity contribution in [3.05, 3.63) is 34.0 Å². The number of aromatic amines is 1. The maximum absolute atomic E-state index is 10.9. The fourth-order valence-corrected chi connectivity index (χ4v) is 2.11. The molecule has 9 heteroatoms. The zero-order chi connectivity index (χ0) is 16.4. The number of phenolic OH excluding ortho intramolecular Hbond substituents is 1. The summed E-state index contributed by atoms with van der Waals surface area (Å²) in [6.07, 6.45) is 0. The van der Waals surface area contributed by atoms with E-state index in [0.29, 0.717) is 11.4 Å². The Morgan fingerprint density at radius 2 is 2.09 bits per heavy atom. The third-order valence-corrected chi connectivity index (χ3v) is 3.34. The summed E-state index contributed by atoms with van der Waals surface area (Å²) in [5.74, 6) is 0.147. The molecule has 0 saturated carbocycles. The van der Waals surface area contributed by atoms with Gasteiger partial charge in [0.15, 0.2) is 5.82 Å². The standard InChI is InChI=1S/C13H18N6O3/c1-6(2)11(12-10(14)13(15)18-17-12)16-8-5-7(19(21)22)3-4-9(8)20/h3-6,11,16,20H,14H2,1-2H3,(H3,15,17,18). The number of nitro groups is 1. The van der Waals surface area contributed by atoms with Crippen molar-refractivity contribution in [2.75, 3.05) is 16.8 Å². The predicted octanol–water partition coefficient (Wildman–Crippen LogP) is 2.00. The smallest absolute Gasteiger partial charge is 0.271 e. The highest BCUT2D eigenvalue weighted by Crippen LogP contribution is 2.35. The van der Waals surface area contributed by atoms with Crippen molar-refractivity contribution in [1.82, 2.24) is 10.2 Å². The third-order valence-electron chi connectivity index (χ3n) is 3.34. The fraction of sp³-hybridized carbons (Fsp3) is 0.308. The summed E-state index contributed by atoms with van der Waals surface area (Å²) in [6, 6.07) is 3.41. The van der Waals surface area contributed by atoms with Crippen LogP contribution in [0.25, 0.3) is 0 Å². The van der Waals surface area contributed by atoms with Crippen LogP contribution in [0, 0.1) is 16.0 Å². The Hall–Kier alpha value is -2.97. The van der Waals surface area contributed by atoms with Crippen LogP contribution in [0.3, 0.4) is 0 Å². The van der Waals surface area contributed by atoms with Crippen LogP contribution < -0.4 is 16.8 Å². The van der Waals surface area contributed by atoms with Gasteiger partial charge in [-0.1, -0.05) is 13.8 Å². The first-order valence-electron chi connectivity index (χ1n) is 6.64. The van der Waals surface area contributed by atoms with Crippen LogP contribution in [-0.2, 0) is 0 Å². The number of anilines is 3. The van der Waals surface area contributed by atoms with Crippen LogP contribution in [-0.4, -0.2) is 20.2 Å². The minimum atomic E-state index is -0.530. The van der Waals surface area contributed by atoms with E-state index in [1.165, 1.54) is 18.2 Å². The average molecular weight is 306 g/mol. The maximum Gasteiger partial charge on any atom is 0.271 e. The summed E-state index contributed by atoms with van der Waals surface area (Å²) in [5, 5.41) is 30.4. The van der Waals surface area contributed by atoms with Crippen molar-refractivity contribution in [3.63, 3.8) is 0 Å². The number of nitrogens with one attached hydrogen (secondary N) is 2. The zero-order valence-corrected chi connectivity index (χ0v) is 12.2. The molecule has 0 aliphatic heterocycles. The number of rotatable bonds is 5. The molecule has 1 aromatic heterocycles. The number of benzene rings is 1. The van der Waals surface area contributed by atoms with Gasteiger partial charge in [-0.05, 0) is 12.0 Å². The van der Waals surface area contributed by atoms with Gasteiger partial charge < -0.3 is 21.9 Å². The minimum absolute atomic E-state index is 0.0563. The molecule has 1 unspecified atom stereocenters. The summed E-state index contributed by atoms with van der Waals surface area (Å²) in [4.78, 5) is 10.3. The molecule has 22 heavy (non-hydrogen) atoms. The van der Waals surface area contributed by atoms with Crippen LogP contribution in [0.15, 0.2) is 18.2 Å². The molecule has 2 rings (SSSR count). The molecule has 1 heterocycles. The quantitative estimate of drug-likeness (QED) is 0.321. The maximum atomic E-state index is 10.9. The van der Waals surface area contributed by atoms with E-state index in [0.717, 1.165) is 0 Å². The lowest BCUT2D eigenvalue weighted by molar-refractivity contribution is -0.384. The highest BCUT2D eigenvalue weighted by molar-refractivity contribution is 5.66. The Balaban J connectivity index is 2.39. The Labute approximate surface area is 126 Å². The van der Waals surface area contributed by atoms with Crippen LogP contribution in [0.2, 0.25) is 0 Å². The average Bonchev–Trinajstić information content (AvgIpc) is 2.77. The Morgan fingerprint density at radius 3 is 2.59 bits per heavy atom. The van der Waals surface area contributed by atoms with Crippen molar-refractivity contribution >= 4 is 22.9 Å². The molecule has 0 aliphatic rings. The Bertz CT molecular complexity index is 697. The highest BCUT2D eigenvalue weighted by atomic mass is 16.6. The summed E-state index contributed by atoms with van der Waals surface area (Å²) in [5.41, 5.74) is 12.5. The van der Waals surface area contributed by atoms with Crippen LogP contribution >= 0.6 is 0 Å². The first-order chi connectivity index (χ1) is 10.3. The van der Waals surface area contributed by atoms with Gasteiger partial charge >= 0.3 is 0 Å². The Kier molecular flexibility index (Phi) is 4.06. The van der Waals surface area contributed by atoms with Gasteiger partial charge in [0.1, 0.15) is 5.75 Å². The monoisotopic (exact) mass is 306 g/mol. The van der Waals surface area contributed by atoms with Crippen LogP contribution in [0.1, 0.15) is 25.6 Å². The van der Waals surface area contributed by atoms with Gasteiger partial charge in [-0.2, -0.15) is 5.10 Å². The van der Waals surface area contributed by atoms with Crippen molar-refractivity contribution in [3.8, 4) is 5.75 Å². The van der Waals surface area contributed by atoms with Crippen molar-refractivity contribution in [1.29, 1.82) is 0 Å². The predicted molar refractivity (Wildman–Crippen MR) is 83.4 cm³/mol. The SMILES string of the molecule is CC(C)C(Nc1cc([N+](=O)[O-])ccc1O)c1[nH]nc(N)c1N. The highest BCUT2D eigenvalue weighted by Gasteiger charge is 2.23. The molecule has 9 nitrogen and oxygen atoms in total. The zero-order valence-electron chi connectivity index (χ0n) is 12.2. The molecule has 0 bridgehead atoms. The molecule has 1 atom stereocenters. The van der Waals surface area contributed by atoms with Crippen molar-refractivity contribution < 1.29 is 10.0 Å². The van der Waals surface area contributed by atoms with Gasteiger partial charge in [0, 0.05) is 12.1 Å². The number of nitrogens with zero attached hydrogens (tertiary/aromatic N) is 2. The van der Waals surface area contributed by atoms with Crippen molar-refractivity contribution in [2.24, 2.45) is 5.92 Å². The van der Waals surface area contributed by atoms with Gasteiger partial charge in [0.05, 0.1) is 28.0 Å². The van der Waals surface area contributed by atoms with E-state index in [9.17, 15) is 15.2 Å². The van der Waals surface area contributed by atoms with Gasteiger partial charge in [0.2, 0.25) is 0 Å². The number of aromatic hydroxyl groups is 1. The van der Waals surface area contributed by atoms with Crippen LogP contribution in [0.4, 0.5) is 22.9 Å². The largest absolute Gasteiger partial charge is 0.506 e. The summed E-state index contributed by atoms with van der Waals surface area (Å²) < 4.78 is 0. The topological polar surface area (TPSA) is 156 Å². The lowest BCUT2D eigenvalue weighted by atomic mass is 9.99. The molecule has 0 amide bonds. The molecule has 1 aromatic carbocycles. The first-order valence-corrected chi connectivity index (χ1v) is 6.64. The van der Waals surface area contributed by atoms with E-state index in [-0.39, 0.29) is 34.9 Å². The Morgan fingerprint density at radius 1 is 1.41 bits per heavy atom. The fourth-order valence-electron chi connectivity index (χ4n) is 2.11. The molecule has 0 fully saturated rings. The molecular weight excluding hydrogens is 288 g/mol. The lowest BCUT2D eigenvalue weighted by Crippen LogP contribution is -2.18. The van der Waals surface area contributed by atoms with Gasteiger partial charge in [0.25, 0.3) is 5.69 Å². The van der Waals surface area contributed by atoms with E-state index >= 15 is 0 Å². The van der Waals surface area contributed by atoms with E-state index < -0.39 is 4.92 Å². The van der Waals surface area contributed by atoms with Gasteiger partial charge in [-0.25, -0.2) is 0 Å². The second-order valence-corrected chi connectivity index (χ2v) is 5.26. The van der Waals surface area contributed by atoms with Gasteiger partial charge in [-0.15, -0.1) is 0 Å². The normalized spacial score (nSPS) is 12.3. The molecule has 0 radical (unpaired) electrons. The number of non-ortho nitro benzene ring substituents is 1. The molecule has 0 saturated heterocycles. The number of nitrogens with two attached hydrogens (primary N) is 2. The number of H-pyrrole nitrogens is 1. The third kappa shape index (κ3) is 2.87. The first kappa shape index (κ1) is 15.4. The van der Waals surface area contributed by atoms with E-state index in [1.807, 2.05) is 13.8 Å². The lowest BCUT2D eigenvalue weighted by Gasteiger charge is -2.23. The minimum Gasteiger partial charge on any atom is -0.506 e. The van der Waals surface area contributed by atoms with E-state index in [2.05, 4.69) is 15.5 Å². The molecular formula is C13H18N6O3. The second kappa shape index (κ2) is 5.80. The molecule has 0 spiro atoms. The number of hydrogen-bond donors (Lipinski definition) is 5. The summed E-state index contributed by atoms with van der Waals surface area (Å²) >= 11 is 0. The molecule has 7 N–H and O–H groups in total. The molecule has 2 aromatic rings. The van der Waals surface area contributed by atoms with E-state index in [1.54, 1.807) is 0 Å².